The van der Waals surface area contributed by atoms with Crippen LogP contribution in [0.25, 0.3) is 111 Å². The Labute approximate surface area is 343 Å². The second-order valence-corrected chi connectivity index (χ2v) is 16.3. The highest BCUT2D eigenvalue weighted by Gasteiger charge is 2.38. The molecule has 5 aromatic heterocycles. The summed E-state index contributed by atoms with van der Waals surface area (Å²) in [4.78, 5) is 20.2. The quantitative estimate of drug-likeness (QED) is 0.178. The molecule has 1 aliphatic rings. The van der Waals surface area contributed by atoms with Crippen molar-refractivity contribution in [3.8, 4) is 45.5 Å². The molecule has 0 spiro atoms. The summed E-state index contributed by atoms with van der Waals surface area (Å²) >= 11 is 0. The van der Waals surface area contributed by atoms with Crippen LogP contribution in [0.5, 0.6) is 0 Å². The van der Waals surface area contributed by atoms with Crippen LogP contribution >= 0.6 is 0 Å². The molecule has 13 rings (SSSR count). The summed E-state index contributed by atoms with van der Waals surface area (Å²) in [5.41, 5.74) is 13.8. The second-order valence-electron chi connectivity index (χ2n) is 16.3. The minimum atomic E-state index is -0.294. The van der Waals surface area contributed by atoms with E-state index < -0.39 is 0 Å². The van der Waals surface area contributed by atoms with E-state index in [0.29, 0.717) is 17.6 Å². The van der Waals surface area contributed by atoms with Crippen molar-refractivity contribution in [2.45, 2.75) is 19.3 Å². The molecule has 12 aromatic rings. The van der Waals surface area contributed by atoms with Gasteiger partial charge in [0.1, 0.15) is 11.2 Å². The van der Waals surface area contributed by atoms with E-state index in [1.807, 2.05) is 54.7 Å². The number of benzene rings is 7. The summed E-state index contributed by atoms with van der Waals surface area (Å²) in [5, 5.41) is 6.64. The van der Waals surface area contributed by atoms with E-state index >= 15 is 0 Å². The van der Waals surface area contributed by atoms with E-state index in [2.05, 4.69) is 137 Å². The van der Waals surface area contributed by atoms with E-state index in [-0.39, 0.29) is 5.41 Å². The highest BCUT2D eigenvalue weighted by molar-refractivity contribution is 6.15. The van der Waals surface area contributed by atoms with Gasteiger partial charge in [0.05, 0.1) is 22.1 Å². The Kier molecular flexibility index (Phi) is 6.66. The van der Waals surface area contributed by atoms with Crippen molar-refractivity contribution in [1.29, 1.82) is 0 Å². The fraction of sp³-hybridized carbons (Fsp3) is 0.0566. The molecule has 0 radical (unpaired) electrons. The number of hydrogen-bond donors (Lipinski definition) is 0. The zero-order valence-corrected chi connectivity index (χ0v) is 32.8. The second kappa shape index (κ2) is 12.1. The molecule has 60 heavy (non-hydrogen) atoms. The molecular formula is C53H34N6O. The van der Waals surface area contributed by atoms with Gasteiger partial charge in [-0.05, 0) is 82.9 Å². The van der Waals surface area contributed by atoms with Crippen molar-refractivity contribution in [3.63, 3.8) is 0 Å². The maximum Gasteiger partial charge on any atom is 0.238 e. The molecule has 0 unspecified atom stereocenters. The zero-order chi connectivity index (χ0) is 39.7. The van der Waals surface area contributed by atoms with Crippen LogP contribution in [0.2, 0.25) is 0 Å². The van der Waals surface area contributed by atoms with Crippen molar-refractivity contribution in [2.24, 2.45) is 0 Å². The van der Waals surface area contributed by atoms with Gasteiger partial charge >= 0.3 is 0 Å². The van der Waals surface area contributed by atoms with Gasteiger partial charge in [0.15, 0.2) is 11.6 Å². The first-order chi connectivity index (χ1) is 29.5. The lowest BCUT2D eigenvalue weighted by molar-refractivity contribution is 0.661. The molecule has 0 aliphatic heterocycles. The molecule has 7 nitrogen and oxygen atoms in total. The van der Waals surface area contributed by atoms with E-state index in [1.54, 1.807) is 6.20 Å². The molecule has 7 heteroatoms. The summed E-state index contributed by atoms with van der Waals surface area (Å²) < 4.78 is 10.9. The molecule has 5 heterocycles. The van der Waals surface area contributed by atoms with Crippen LogP contribution in [0.15, 0.2) is 175 Å². The van der Waals surface area contributed by atoms with Gasteiger partial charge < -0.3 is 8.98 Å². The Hall–Kier alpha value is -7.90. The first kappa shape index (κ1) is 33.1. The summed E-state index contributed by atoms with van der Waals surface area (Å²) in [6.07, 6.45) is 3.60. The predicted octanol–water partition coefficient (Wildman–Crippen LogP) is 13.0. The topological polar surface area (TPSA) is 74.6 Å². The summed E-state index contributed by atoms with van der Waals surface area (Å²) in [6.45, 7) is 4.72. The average molecular weight is 771 g/mol. The normalized spacial score (nSPS) is 13.3. The van der Waals surface area contributed by atoms with Gasteiger partial charge in [-0.25, -0.2) is 4.98 Å². The molecule has 7 aromatic carbocycles. The number of furan rings is 1. The number of pyridine rings is 1. The molecule has 1 aliphatic carbocycles. The molecule has 0 bridgehead atoms. The molecule has 0 fully saturated rings. The highest BCUT2D eigenvalue weighted by Crippen LogP contribution is 2.53. The maximum atomic E-state index is 6.29. The molecule has 0 amide bonds. The van der Waals surface area contributed by atoms with Gasteiger partial charge in [0.2, 0.25) is 5.95 Å². The monoisotopic (exact) mass is 770 g/mol. The Morgan fingerprint density at radius 3 is 1.80 bits per heavy atom. The van der Waals surface area contributed by atoms with Crippen LogP contribution < -0.4 is 0 Å². The number of fused-ring (bicyclic) bond motifs is 12. The van der Waals surface area contributed by atoms with Gasteiger partial charge in [-0.2, -0.15) is 9.97 Å². The van der Waals surface area contributed by atoms with Gasteiger partial charge in [0.25, 0.3) is 0 Å². The number of para-hydroxylation sites is 3. The minimum absolute atomic E-state index is 0.294. The number of rotatable bonds is 4. The highest BCUT2D eigenvalue weighted by atomic mass is 16.3. The summed E-state index contributed by atoms with van der Waals surface area (Å²) in [5.74, 6) is 1.71. The predicted molar refractivity (Wildman–Crippen MR) is 242 cm³/mol. The van der Waals surface area contributed by atoms with Crippen molar-refractivity contribution >= 4 is 65.6 Å². The molecular weight excluding hydrogens is 737 g/mol. The van der Waals surface area contributed by atoms with Gasteiger partial charge in [-0.15, -0.1) is 0 Å². The van der Waals surface area contributed by atoms with Crippen LogP contribution in [0, 0.1) is 0 Å². The van der Waals surface area contributed by atoms with Gasteiger partial charge in [0, 0.05) is 66.9 Å². The fourth-order valence-corrected chi connectivity index (χ4v) is 9.88. The van der Waals surface area contributed by atoms with E-state index in [1.165, 1.54) is 44.1 Å². The van der Waals surface area contributed by atoms with Gasteiger partial charge in [-0.1, -0.05) is 111 Å². The minimum Gasteiger partial charge on any atom is -0.456 e. The Bertz CT molecular complexity index is 3740. The van der Waals surface area contributed by atoms with E-state index in [9.17, 15) is 0 Å². The van der Waals surface area contributed by atoms with Crippen LogP contribution in [-0.4, -0.2) is 29.1 Å². The van der Waals surface area contributed by atoms with Crippen molar-refractivity contribution < 1.29 is 4.42 Å². The third-order valence-electron chi connectivity index (χ3n) is 12.7. The third-order valence-corrected chi connectivity index (χ3v) is 12.7. The summed E-state index contributed by atoms with van der Waals surface area (Å²) in [6, 6.07) is 55.8. The van der Waals surface area contributed by atoms with Crippen LogP contribution in [0.1, 0.15) is 25.0 Å². The third kappa shape index (κ3) is 4.54. The molecule has 0 saturated heterocycles. The fourth-order valence-electron chi connectivity index (χ4n) is 9.88. The van der Waals surface area contributed by atoms with Crippen LogP contribution in [0.4, 0.5) is 0 Å². The Balaban J connectivity index is 1.08. The van der Waals surface area contributed by atoms with Crippen LogP contribution in [-0.2, 0) is 5.41 Å². The average Bonchev–Trinajstić information content (AvgIpc) is 4.00. The smallest absolute Gasteiger partial charge is 0.238 e. The van der Waals surface area contributed by atoms with Gasteiger partial charge in [-0.3, -0.25) is 9.55 Å². The van der Waals surface area contributed by atoms with Crippen molar-refractivity contribution in [2.75, 3.05) is 0 Å². The van der Waals surface area contributed by atoms with Crippen LogP contribution in [0.3, 0.4) is 0 Å². The number of hydrogen-bond acceptors (Lipinski definition) is 5. The Morgan fingerprint density at radius 2 is 1.08 bits per heavy atom. The SMILES string of the molecule is CC1(C)c2cc3c(cc2-c2cc4c5ccccc5n(-c5nc(-c6ccccc6)nc(-c6cccc7oc8ccncc8c67)n5)c4cc21)c1ccccc1n3-c1ccccc1. The van der Waals surface area contributed by atoms with E-state index in [4.69, 9.17) is 19.4 Å². The summed E-state index contributed by atoms with van der Waals surface area (Å²) in [7, 11) is 0. The van der Waals surface area contributed by atoms with E-state index in [0.717, 1.165) is 60.6 Å². The first-order valence-electron chi connectivity index (χ1n) is 20.3. The zero-order valence-electron chi connectivity index (χ0n) is 32.8. The molecule has 0 saturated carbocycles. The Morgan fingerprint density at radius 1 is 0.467 bits per heavy atom. The number of aromatic nitrogens is 6. The lowest BCUT2D eigenvalue weighted by atomic mass is 9.82. The van der Waals surface area contributed by atoms with Crippen molar-refractivity contribution in [1.82, 2.24) is 29.1 Å². The molecule has 0 N–H and O–H groups in total. The van der Waals surface area contributed by atoms with Crippen molar-refractivity contribution in [3.05, 3.63) is 181 Å². The largest absolute Gasteiger partial charge is 0.456 e. The lowest BCUT2D eigenvalue weighted by Gasteiger charge is -2.22. The molecule has 0 atom stereocenters. The number of nitrogens with zero attached hydrogens (tertiary/aromatic N) is 6. The molecule has 282 valence electrons. The maximum absolute atomic E-state index is 6.29. The lowest BCUT2D eigenvalue weighted by Crippen LogP contribution is -2.15. The first-order valence-corrected chi connectivity index (χ1v) is 20.3. The standard InChI is InChI=1S/C53H34N6O/c1-53(2)41-28-45-38(33-18-9-11-21-43(33)58(45)32-16-7-4-8-17-32)26-36(41)37-27-39-34-19-10-12-22-44(34)59(46(39)29-42(37)53)52-56-50(31-14-5-3-6-15-31)55-51(57-52)35-20-13-23-48-49(35)40-30-54-25-24-47(40)60-48/h3-30H,1-2H3.